The quantitative estimate of drug-likeness (QED) is 0.507. The van der Waals surface area contributed by atoms with Gasteiger partial charge in [0.05, 0.1) is 0 Å². The lowest BCUT2D eigenvalue weighted by Gasteiger charge is -1.64. The zero-order valence-electron chi connectivity index (χ0n) is 9.04. The van der Waals surface area contributed by atoms with E-state index >= 15 is 0 Å². The highest BCUT2D eigenvalue weighted by molar-refractivity contribution is 5.78. The van der Waals surface area contributed by atoms with Gasteiger partial charge in [-0.2, -0.15) is 0 Å². The van der Waals surface area contributed by atoms with Gasteiger partial charge >= 0.3 is 5.97 Å². The third kappa shape index (κ3) is 6020. The standard InChI is InChI=1S/C3H4O2.C2H6O.3C2H4/c1-2-3(4)5;1-2-3;3*1-2/h2H,1H2,(H,4,5);3H,2H2,1H3;3*1-2H2. The molecule has 0 bridgehead atoms. The van der Waals surface area contributed by atoms with Crippen LogP contribution < -0.4 is 0 Å². The average Bonchev–Trinajstić information content (AvgIpc) is 2.27. The fourth-order valence-electron chi connectivity index (χ4n) is 0. The largest absolute Gasteiger partial charge is 0.478 e. The topological polar surface area (TPSA) is 57.5 Å². The molecule has 14 heavy (non-hydrogen) atoms. The Morgan fingerprint density at radius 1 is 1.14 bits per heavy atom. The normalized spacial score (nSPS) is 4.43. The van der Waals surface area contributed by atoms with E-state index in [4.69, 9.17) is 10.2 Å². The Kier molecular flexibility index (Phi) is 225. The second-order valence-electron chi connectivity index (χ2n) is 0.859. The third-order valence-corrected chi connectivity index (χ3v) is 0.175. The molecule has 0 unspecified atom stereocenters. The fraction of sp³-hybridized carbons (Fsp3) is 0.182. The lowest BCUT2D eigenvalue weighted by molar-refractivity contribution is -0.131. The summed E-state index contributed by atoms with van der Waals surface area (Å²) in [5.74, 6) is -0.981. The van der Waals surface area contributed by atoms with E-state index in [1.54, 1.807) is 6.92 Å². The maximum atomic E-state index is 9.25. The van der Waals surface area contributed by atoms with Crippen molar-refractivity contribution in [2.24, 2.45) is 0 Å². The Balaban J connectivity index is -0.0000000263. The molecule has 0 aliphatic heterocycles. The van der Waals surface area contributed by atoms with E-state index in [2.05, 4.69) is 46.1 Å². The Labute approximate surface area is 87.4 Å². The first-order valence-corrected chi connectivity index (χ1v) is 3.65. The van der Waals surface area contributed by atoms with Gasteiger partial charge in [0.1, 0.15) is 0 Å². The molecule has 0 aromatic heterocycles. The number of aliphatic carboxylic acids is 1. The van der Waals surface area contributed by atoms with Gasteiger partial charge in [-0.1, -0.05) is 6.58 Å². The highest BCUT2D eigenvalue weighted by Gasteiger charge is 1.73. The zero-order chi connectivity index (χ0) is 13.0. The molecule has 0 radical (unpaired) electrons. The van der Waals surface area contributed by atoms with Crippen LogP contribution >= 0.6 is 0 Å². The Bertz CT molecular complexity index is 96.0. The van der Waals surface area contributed by atoms with Gasteiger partial charge in [-0.15, -0.1) is 39.5 Å². The van der Waals surface area contributed by atoms with Crippen LogP contribution in [-0.4, -0.2) is 22.8 Å². The van der Waals surface area contributed by atoms with Crippen LogP contribution in [0.5, 0.6) is 0 Å². The molecule has 3 nitrogen and oxygen atoms in total. The molecule has 2 N–H and O–H groups in total. The maximum Gasteiger partial charge on any atom is 0.327 e. The van der Waals surface area contributed by atoms with Gasteiger partial charge in [-0.05, 0) is 6.92 Å². The average molecular weight is 202 g/mol. The van der Waals surface area contributed by atoms with Crippen LogP contribution in [0.3, 0.4) is 0 Å². The van der Waals surface area contributed by atoms with Crippen LogP contribution in [0.4, 0.5) is 0 Å². The molecule has 0 heterocycles. The molecular formula is C11H22O3. The highest BCUT2D eigenvalue weighted by Crippen LogP contribution is 1.54. The van der Waals surface area contributed by atoms with Crippen LogP contribution in [0.1, 0.15) is 6.92 Å². The van der Waals surface area contributed by atoms with Gasteiger partial charge in [0, 0.05) is 12.7 Å². The van der Waals surface area contributed by atoms with Crippen molar-refractivity contribution in [3.05, 3.63) is 52.1 Å². The lowest BCUT2D eigenvalue weighted by atomic mass is 10.7. The van der Waals surface area contributed by atoms with Gasteiger partial charge in [0.15, 0.2) is 0 Å². The van der Waals surface area contributed by atoms with E-state index in [1.807, 2.05) is 0 Å². The predicted octanol–water partition coefficient (Wildman–Crippen LogP) is 2.66. The van der Waals surface area contributed by atoms with E-state index in [9.17, 15) is 4.79 Å². The number of hydrogen-bond donors (Lipinski definition) is 2. The second kappa shape index (κ2) is 107. The molecule has 0 aliphatic rings. The molecular weight excluding hydrogens is 180 g/mol. The molecule has 84 valence electrons. The first-order chi connectivity index (χ1) is 6.68. The molecule has 0 spiro atoms. The molecule has 0 aromatic rings. The van der Waals surface area contributed by atoms with Gasteiger partial charge < -0.3 is 10.2 Å². The molecule has 0 amide bonds. The van der Waals surface area contributed by atoms with Gasteiger partial charge in [-0.3, -0.25) is 0 Å². The number of carboxylic acid groups (broad SMARTS) is 1. The van der Waals surface area contributed by atoms with Crippen LogP contribution in [0.2, 0.25) is 0 Å². The van der Waals surface area contributed by atoms with E-state index in [-0.39, 0.29) is 6.61 Å². The Morgan fingerprint density at radius 3 is 1.21 bits per heavy atom. The smallest absolute Gasteiger partial charge is 0.327 e. The van der Waals surface area contributed by atoms with Crippen LogP contribution in [0, 0.1) is 0 Å². The number of aliphatic hydroxyl groups is 1. The number of carboxylic acids is 1. The molecule has 0 rings (SSSR count). The summed E-state index contributed by atoms with van der Waals surface area (Å²) in [6.45, 7) is 22.9. The van der Waals surface area contributed by atoms with Crippen molar-refractivity contribution in [2.45, 2.75) is 6.92 Å². The van der Waals surface area contributed by atoms with Crippen LogP contribution in [0.15, 0.2) is 52.1 Å². The van der Waals surface area contributed by atoms with Crippen LogP contribution in [0.25, 0.3) is 0 Å². The van der Waals surface area contributed by atoms with Gasteiger partial charge in [0.2, 0.25) is 0 Å². The highest BCUT2D eigenvalue weighted by atomic mass is 16.4. The summed E-state index contributed by atoms with van der Waals surface area (Å²) in [7, 11) is 0. The first kappa shape index (κ1) is 29.4. The summed E-state index contributed by atoms with van der Waals surface area (Å²) in [6.07, 6.45) is 0.833. The number of carbonyl (C=O) groups is 1. The van der Waals surface area contributed by atoms with Gasteiger partial charge in [0.25, 0.3) is 0 Å². The van der Waals surface area contributed by atoms with Crippen molar-refractivity contribution in [1.82, 2.24) is 0 Å². The third-order valence-electron chi connectivity index (χ3n) is 0.175. The summed E-state index contributed by atoms with van der Waals surface area (Å²) < 4.78 is 0. The van der Waals surface area contributed by atoms with E-state index in [1.165, 1.54) is 0 Å². The van der Waals surface area contributed by atoms with Crippen molar-refractivity contribution in [2.75, 3.05) is 6.61 Å². The number of aliphatic hydroxyl groups excluding tert-OH is 1. The van der Waals surface area contributed by atoms with Crippen molar-refractivity contribution < 1.29 is 15.0 Å². The summed E-state index contributed by atoms with van der Waals surface area (Å²) in [4.78, 5) is 9.25. The summed E-state index contributed by atoms with van der Waals surface area (Å²) in [5.41, 5.74) is 0. The Hall–Kier alpha value is -1.61. The minimum atomic E-state index is -0.981. The lowest BCUT2D eigenvalue weighted by Crippen LogP contribution is -1.82. The molecule has 0 saturated carbocycles. The molecule has 0 atom stereocenters. The number of hydrogen-bond acceptors (Lipinski definition) is 2. The van der Waals surface area contributed by atoms with Crippen molar-refractivity contribution in [3.63, 3.8) is 0 Å². The molecule has 0 saturated heterocycles. The monoisotopic (exact) mass is 202 g/mol. The fourth-order valence-corrected chi connectivity index (χ4v) is 0. The zero-order valence-corrected chi connectivity index (χ0v) is 9.04. The molecule has 0 fully saturated rings. The molecule has 0 aromatic carbocycles. The molecule has 3 heteroatoms. The summed E-state index contributed by atoms with van der Waals surface area (Å²) in [6, 6.07) is 0. The van der Waals surface area contributed by atoms with Crippen molar-refractivity contribution in [3.8, 4) is 0 Å². The SMILES string of the molecule is C=C.C=C.C=C.C=CC(=O)O.CCO. The maximum absolute atomic E-state index is 9.25. The predicted molar refractivity (Wildman–Crippen MR) is 64.4 cm³/mol. The van der Waals surface area contributed by atoms with Crippen LogP contribution in [-0.2, 0) is 4.79 Å². The summed E-state index contributed by atoms with van der Waals surface area (Å²) in [5, 5.41) is 15.2. The first-order valence-electron chi connectivity index (χ1n) is 3.65. The van der Waals surface area contributed by atoms with Gasteiger partial charge in [-0.25, -0.2) is 4.79 Å². The minimum Gasteiger partial charge on any atom is -0.478 e. The summed E-state index contributed by atoms with van der Waals surface area (Å²) >= 11 is 0. The number of rotatable bonds is 1. The van der Waals surface area contributed by atoms with E-state index in [0.29, 0.717) is 0 Å². The molecule has 0 aliphatic carbocycles. The van der Waals surface area contributed by atoms with E-state index < -0.39 is 5.97 Å². The van der Waals surface area contributed by atoms with E-state index in [0.717, 1.165) is 6.08 Å². The minimum absolute atomic E-state index is 0.250. The second-order valence-corrected chi connectivity index (χ2v) is 0.859. The Morgan fingerprint density at radius 2 is 1.21 bits per heavy atom. The van der Waals surface area contributed by atoms with Crippen molar-refractivity contribution in [1.29, 1.82) is 0 Å². The van der Waals surface area contributed by atoms with Crippen molar-refractivity contribution >= 4 is 5.97 Å².